The zero-order chi connectivity index (χ0) is 26.6. The van der Waals surface area contributed by atoms with Crippen LogP contribution in [0.4, 0.5) is 0 Å². The number of hydrogen-bond acceptors (Lipinski definition) is 6. The van der Waals surface area contributed by atoms with Gasteiger partial charge in [0.2, 0.25) is 0 Å². The second-order valence-electron chi connectivity index (χ2n) is 9.42. The zero-order valence-electron chi connectivity index (χ0n) is 20.4. The van der Waals surface area contributed by atoms with Gasteiger partial charge in [0.15, 0.2) is 6.04 Å². The largest absolute Gasteiger partial charge is 0.480 e. The summed E-state index contributed by atoms with van der Waals surface area (Å²) < 4.78 is 1.30. The maximum absolute atomic E-state index is 13.8. The van der Waals surface area contributed by atoms with Crippen molar-refractivity contribution in [2.24, 2.45) is 0 Å². The van der Waals surface area contributed by atoms with E-state index in [0.29, 0.717) is 34.0 Å². The molecule has 0 aliphatic carbocycles. The number of carboxylic acids is 1. The Labute approximate surface area is 222 Å². The van der Waals surface area contributed by atoms with E-state index >= 15 is 0 Å². The van der Waals surface area contributed by atoms with Crippen LogP contribution in [0.3, 0.4) is 0 Å². The summed E-state index contributed by atoms with van der Waals surface area (Å²) in [5, 5.41) is 23.4. The van der Waals surface area contributed by atoms with Gasteiger partial charge in [-0.2, -0.15) is 15.3 Å². The Morgan fingerprint density at radius 2 is 1.89 bits per heavy atom. The van der Waals surface area contributed by atoms with Crippen LogP contribution in [0, 0.1) is 6.92 Å². The third kappa shape index (κ3) is 4.34. The van der Waals surface area contributed by atoms with Crippen LogP contribution in [0.25, 0.3) is 0 Å². The normalized spacial score (nSPS) is 19.9. The van der Waals surface area contributed by atoms with Crippen molar-refractivity contribution in [1.29, 1.82) is 0 Å². The van der Waals surface area contributed by atoms with Crippen LogP contribution in [-0.4, -0.2) is 65.3 Å². The van der Waals surface area contributed by atoms with Gasteiger partial charge in [-0.05, 0) is 51.1 Å². The first-order valence-corrected chi connectivity index (χ1v) is 12.5. The Kier molecular flexibility index (Phi) is 6.41. The highest BCUT2D eigenvalue weighted by atomic mass is 35.5. The summed E-state index contributed by atoms with van der Waals surface area (Å²) in [5.41, 5.74) is 3.00. The van der Waals surface area contributed by atoms with E-state index in [-0.39, 0.29) is 41.7 Å². The van der Waals surface area contributed by atoms with Gasteiger partial charge in [-0.15, -0.1) is 0 Å². The Balaban J connectivity index is 1.53. The molecule has 2 aromatic heterocycles. The van der Waals surface area contributed by atoms with E-state index < -0.39 is 18.1 Å². The van der Waals surface area contributed by atoms with Crippen molar-refractivity contribution in [3.8, 4) is 0 Å². The Morgan fingerprint density at radius 1 is 1.14 bits per heavy atom. The minimum atomic E-state index is -1.10. The molecule has 3 aromatic rings. The molecule has 2 aliphatic heterocycles. The molecule has 0 saturated carbocycles. The molecule has 0 bridgehead atoms. The number of fused-ring (bicyclic) bond motifs is 3. The standard InChI is InChI=1S/C25H24Cl2N6O4/c1-12-4-7-19(29-28-12)14(3)32-11-21(25(36)37)33-22(24(32)35)16-10-31(13(2)8-20(16)30-33)23(34)15-5-6-17(26)18(27)9-15/h4-7,9,13-14,21H,8,10-11H2,1-3H3,(H,36,37)/t13-,14?,21+/m1/s1. The summed E-state index contributed by atoms with van der Waals surface area (Å²) in [7, 11) is 0. The maximum atomic E-state index is 13.8. The van der Waals surface area contributed by atoms with Crippen LogP contribution < -0.4 is 0 Å². The molecule has 0 saturated heterocycles. The number of nitrogens with zero attached hydrogens (tertiary/aromatic N) is 6. The van der Waals surface area contributed by atoms with E-state index in [0.717, 1.165) is 5.69 Å². The number of carbonyl (C=O) groups excluding carboxylic acids is 2. The highest BCUT2D eigenvalue weighted by molar-refractivity contribution is 6.42. The van der Waals surface area contributed by atoms with Crippen molar-refractivity contribution in [1.82, 2.24) is 29.8 Å². The number of carboxylic acid groups (broad SMARTS) is 1. The predicted octanol–water partition coefficient (Wildman–Crippen LogP) is 3.72. The topological polar surface area (TPSA) is 122 Å². The lowest BCUT2D eigenvalue weighted by Crippen LogP contribution is -2.48. The van der Waals surface area contributed by atoms with Gasteiger partial charge in [-0.1, -0.05) is 23.2 Å². The number of halogens is 2. The average molecular weight is 543 g/mol. The molecule has 1 aromatic carbocycles. The monoisotopic (exact) mass is 542 g/mol. The lowest BCUT2D eigenvalue weighted by molar-refractivity contribution is -0.142. The number of benzene rings is 1. The Morgan fingerprint density at radius 3 is 2.54 bits per heavy atom. The maximum Gasteiger partial charge on any atom is 0.330 e. The first-order chi connectivity index (χ1) is 17.6. The van der Waals surface area contributed by atoms with Crippen LogP contribution in [0.2, 0.25) is 10.0 Å². The van der Waals surface area contributed by atoms with Gasteiger partial charge in [-0.25, -0.2) is 9.48 Å². The van der Waals surface area contributed by atoms with Crippen LogP contribution in [0.1, 0.15) is 69.4 Å². The fourth-order valence-corrected chi connectivity index (χ4v) is 5.17. The van der Waals surface area contributed by atoms with Crippen molar-refractivity contribution in [2.45, 2.75) is 51.9 Å². The smallest absolute Gasteiger partial charge is 0.330 e. The van der Waals surface area contributed by atoms with Gasteiger partial charge in [0.1, 0.15) is 5.69 Å². The minimum Gasteiger partial charge on any atom is -0.480 e. The fraction of sp³-hybridized carbons (Fsp3) is 0.360. The molecular weight excluding hydrogens is 519 g/mol. The van der Waals surface area contributed by atoms with Gasteiger partial charge >= 0.3 is 5.97 Å². The summed E-state index contributed by atoms with van der Waals surface area (Å²) in [4.78, 5) is 42.6. The summed E-state index contributed by atoms with van der Waals surface area (Å²) in [6, 6.07) is 6.42. The van der Waals surface area contributed by atoms with E-state index in [2.05, 4.69) is 15.3 Å². The van der Waals surface area contributed by atoms with E-state index in [4.69, 9.17) is 23.2 Å². The molecule has 0 spiro atoms. The van der Waals surface area contributed by atoms with E-state index in [9.17, 15) is 19.5 Å². The minimum absolute atomic E-state index is 0.0695. The van der Waals surface area contributed by atoms with Crippen molar-refractivity contribution >= 4 is 41.0 Å². The number of amides is 2. The van der Waals surface area contributed by atoms with Crippen molar-refractivity contribution in [3.05, 3.63) is 74.3 Å². The van der Waals surface area contributed by atoms with Gasteiger partial charge in [0.05, 0.1) is 46.3 Å². The average Bonchev–Trinajstić information content (AvgIpc) is 3.23. The van der Waals surface area contributed by atoms with E-state index in [1.807, 2.05) is 13.8 Å². The third-order valence-electron chi connectivity index (χ3n) is 7.00. The van der Waals surface area contributed by atoms with Crippen molar-refractivity contribution in [2.75, 3.05) is 6.54 Å². The lowest BCUT2D eigenvalue weighted by Gasteiger charge is -2.37. The summed E-state index contributed by atoms with van der Waals surface area (Å²) in [6.07, 6.45) is 0.376. The molecular formula is C25H24Cl2N6O4. The first kappa shape index (κ1) is 25.2. The second-order valence-corrected chi connectivity index (χ2v) is 10.2. The van der Waals surface area contributed by atoms with Gasteiger partial charge in [0.25, 0.3) is 11.8 Å². The van der Waals surface area contributed by atoms with Crippen LogP contribution in [-0.2, 0) is 17.8 Å². The number of carbonyl (C=O) groups is 3. The lowest BCUT2D eigenvalue weighted by atomic mass is 9.97. The Hall–Kier alpha value is -3.50. The molecule has 2 aliphatic rings. The highest BCUT2D eigenvalue weighted by Crippen LogP contribution is 2.35. The Bertz CT molecular complexity index is 1420. The quantitative estimate of drug-likeness (QED) is 0.533. The molecule has 1 unspecified atom stereocenters. The number of aliphatic carboxylic acids is 1. The molecule has 37 heavy (non-hydrogen) atoms. The van der Waals surface area contributed by atoms with E-state index in [1.165, 1.54) is 15.6 Å². The molecule has 5 rings (SSSR count). The molecule has 1 N–H and O–H groups in total. The van der Waals surface area contributed by atoms with Crippen LogP contribution >= 0.6 is 23.2 Å². The SMILES string of the molecule is Cc1ccc(C(C)N2C[C@@H](C(=O)O)n3nc4c(c3C2=O)CN(C(=O)c2ccc(Cl)c(Cl)c2)[C@H](C)C4)nn1. The molecule has 12 heteroatoms. The first-order valence-electron chi connectivity index (χ1n) is 11.8. The fourth-order valence-electron chi connectivity index (χ4n) is 4.87. The molecule has 3 atom stereocenters. The number of aryl methyl sites for hydroxylation is 1. The molecule has 2 amide bonds. The number of hydrogen-bond donors (Lipinski definition) is 1. The summed E-state index contributed by atoms with van der Waals surface area (Å²) in [5.74, 6) is -1.73. The van der Waals surface area contributed by atoms with Crippen LogP contribution in [0.15, 0.2) is 30.3 Å². The van der Waals surface area contributed by atoms with Crippen molar-refractivity contribution in [3.63, 3.8) is 0 Å². The molecule has 0 radical (unpaired) electrons. The van der Waals surface area contributed by atoms with Crippen LogP contribution in [0.5, 0.6) is 0 Å². The molecule has 4 heterocycles. The molecule has 10 nitrogen and oxygen atoms in total. The molecule has 192 valence electrons. The predicted molar refractivity (Wildman–Crippen MR) is 135 cm³/mol. The summed E-state index contributed by atoms with van der Waals surface area (Å²) >= 11 is 12.1. The zero-order valence-corrected chi connectivity index (χ0v) is 21.9. The highest BCUT2D eigenvalue weighted by Gasteiger charge is 2.44. The van der Waals surface area contributed by atoms with Crippen molar-refractivity contribution < 1.29 is 19.5 Å². The summed E-state index contributed by atoms with van der Waals surface area (Å²) in [6.45, 7) is 5.52. The van der Waals surface area contributed by atoms with E-state index in [1.54, 1.807) is 36.1 Å². The number of rotatable bonds is 4. The number of aromatic nitrogens is 4. The van der Waals surface area contributed by atoms with Gasteiger partial charge < -0.3 is 14.9 Å². The molecule has 0 fully saturated rings. The third-order valence-corrected chi connectivity index (χ3v) is 7.73. The van der Waals surface area contributed by atoms with Gasteiger partial charge in [-0.3, -0.25) is 9.59 Å². The van der Waals surface area contributed by atoms with Gasteiger partial charge in [0, 0.05) is 23.6 Å². The second kappa shape index (κ2) is 9.42.